The molecule has 3 atom stereocenters. The predicted molar refractivity (Wildman–Crippen MR) is 54.8 cm³/mol. The maximum absolute atomic E-state index is 13.1. The summed E-state index contributed by atoms with van der Waals surface area (Å²) in [5, 5.41) is 13.7. The highest BCUT2D eigenvalue weighted by atomic mass is 19.1. The molecule has 3 rings (SSSR count). The average Bonchev–Trinajstić information content (AvgIpc) is 2.67. The van der Waals surface area contributed by atoms with Crippen molar-refractivity contribution in [2.45, 2.75) is 31.0 Å². The van der Waals surface area contributed by atoms with Gasteiger partial charge in [-0.2, -0.15) is 0 Å². The monoisotopic (exact) mass is 207 g/mol. The molecule has 1 saturated carbocycles. The first-order valence-corrected chi connectivity index (χ1v) is 5.22. The van der Waals surface area contributed by atoms with E-state index in [1.165, 1.54) is 12.1 Å². The summed E-state index contributed by atoms with van der Waals surface area (Å²) < 4.78 is 13.1. The summed E-state index contributed by atoms with van der Waals surface area (Å²) in [5.74, 6) is -0.0724. The molecule has 2 nitrogen and oxygen atoms in total. The first kappa shape index (κ1) is 9.31. The maximum Gasteiger partial charge on any atom is 0.123 e. The van der Waals surface area contributed by atoms with Gasteiger partial charge in [0.1, 0.15) is 11.4 Å². The normalized spacial score (nSPS) is 40.5. The molecule has 1 unspecified atom stereocenters. The number of rotatable bonds is 1. The van der Waals surface area contributed by atoms with Gasteiger partial charge in [-0.3, -0.25) is 0 Å². The number of nitrogens with one attached hydrogen (secondary N) is 1. The van der Waals surface area contributed by atoms with E-state index < -0.39 is 5.60 Å². The summed E-state index contributed by atoms with van der Waals surface area (Å²) in [6, 6.07) is 6.37. The third-order valence-electron chi connectivity index (χ3n) is 3.76. The third kappa shape index (κ3) is 0.998. The summed E-state index contributed by atoms with van der Waals surface area (Å²) in [4.78, 5) is 0. The van der Waals surface area contributed by atoms with E-state index >= 15 is 0 Å². The lowest BCUT2D eigenvalue weighted by Gasteiger charge is -2.34. The van der Waals surface area contributed by atoms with Crippen LogP contribution in [0.25, 0.3) is 0 Å². The first-order chi connectivity index (χ1) is 6.96. The van der Waals surface area contributed by atoms with Gasteiger partial charge in [-0.25, -0.2) is 4.39 Å². The molecule has 2 aliphatic rings. The third-order valence-corrected chi connectivity index (χ3v) is 3.76. The van der Waals surface area contributed by atoms with Crippen LogP contribution in [0.5, 0.6) is 0 Å². The van der Waals surface area contributed by atoms with Crippen LogP contribution in [0.4, 0.5) is 4.39 Å². The minimum atomic E-state index is -0.856. The number of aliphatic hydroxyl groups is 1. The highest BCUT2D eigenvalue weighted by molar-refractivity contribution is 5.43. The van der Waals surface area contributed by atoms with E-state index in [0.29, 0.717) is 5.56 Å². The molecular weight excluding hydrogens is 193 g/mol. The van der Waals surface area contributed by atoms with Crippen molar-refractivity contribution in [1.29, 1.82) is 0 Å². The summed E-state index contributed by atoms with van der Waals surface area (Å²) in [6.45, 7) is 4.12. The van der Waals surface area contributed by atoms with Crippen molar-refractivity contribution in [1.82, 2.24) is 5.32 Å². The van der Waals surface area contributed by atoms with E-state index in [0.717, 1.165) is 0 Å². The number of hydrogen-bond acceptors (Lipinski definition) is 2. The largest absolute Gasteiger partial charge is 0.383 e. The standard InChI is InChI=1S/C12H14FNO/c1-11(2)9-10(14-11)12(9,15)7-4-3-5-8(13)6-7/h3-6,9-10,14-15H,1-2H3/t9?,10-,12-/m0/s1. The molecule has 1 saturated heterocycles. The smallest absolute Gasteiger partial charge is 0.123 e. The van der Waals surface area contributed by atoms with E-state index in [4.69, 9.17) is 0 Å². The minimum Gasteiger partial charge on any atom is -0.383 e. The second-order valence-corrected chi connectivity index (χ2v) is 5.16. The summed E-state index contributed by atoms with van der Waals surface area (Å²) in [5.41, 5.74) is -0.201. The number of benzene rings is 1. The molecule has 1 heterocycles. The van der Waals surface area contributed by atoms with Gasteiger partial charge in [0.25, 0.3) is 0 Å². The molecule has 3 heteroatoms. The zero-order valence-corrected chi connectivity index (χ0v) is 8.79. The Hall–Kier alpha value is -0.930. The Labute approximate surface area is 88.1 Å². The van der Waals surface area contributed by atoms with Crippen LogP contribution in [-0.2, 0) is 5.60 Å². The van der Waals surface area contributed by atoms with Gasteiger partial charge in [0.15, 0.2) is 0 Å². The highest BCUT2D eigenvalue weighted by Crippen LogP contribution is 2.64. The highest BCUT2D eigenvalue weighted by Gasteiger charge is 2.78. The average molecular weight is 207 g/mol. The van der Waals surface area contributed by atoms with Gasteiger partial charge >= 0.3 is 0 Å². The molecule has 0 radical (unpaired) electrons. The summed E-state index contributed by atoms with van der Waals surface area (Å²) in [6.07, 6.45) is 0. The lowest BCUT2D eigenvalue weighted by Crippen LogP contribution is -2.53. The number of hydrogen-bond donors (Lipinski definition) is 2. The Kier molecular flexibility index (Phi) is 1.50. The lowest BCUT2D eigenvalue weighted by atomic mass is 9.90. The molecule has 2 fully saturated rings. The Morgan fingerprint density at radius 2 is 2.13 bits per heavy atom. The second-order valence-electron chi connectivity index (χ2n) is 5.16. The number of halogens is 1. The summed E-state index contributed by atoms with van der Waals surface area (Å²) >= 11 is 0. The molecule has 0 spiro atoms. The van der Waals surface area contributed by atoms with Gasteiger partial charge in [-0.15, -0.1) is 0 Å². The van der Waals surface area contributed by atoms with Crippen molar-refractivity contribution in [2.24, 2.45) is 5.92 Å². The van der Waals surface area contributed by atoms with Crippen LogP contribution in [0.15, 0.2) is 24.3 Å². The fourth-order valence-corrected chi connectivity index (χ4v) is 3.03. The van der Waals surface area contributed by atoms with Gasteiger partial charge in [0, 0.05) is 17.5 Å². The molecule has 15 heavy (non-hydrogen) atoms. The van der Waals surface area contributed by atoms with Gasteiger partial charge < -0.3 is 10.4 Å². The fraction of sp³-hybridized carbons (Fsp3) is 0.500. The van der Waals surface area contributed by atoms with E-state index in [1.807, 2.05) is 0 Å². The van der Waals surface area contributed by atoms with Crippen LogP contribution in [0.3, 0.4) is 0 Å². The first-order valence-electron chi connectivity index (χ1n) is 5.22. The molecule has 0 bridgehead atoms. The van der Waals surface area contributed by atoms with E-state index in [1.54, 1.807) is 12.1 Å². The fourth-order valence-electron chi connectivity index (χ4n) is 3.03. The molecule has 1 aromatic carbocycles. The molecule has 0 aromatic heterocycles. The van der Waals surface area contributed by atoms with Gasteiger partial charge in [-0.1, -0.05) is 12.1 Å². The zero-order chi connectivity index (χ0) is 10.8. The van der Waals surface area contributed by atoms with Crippen LogP contribution in [0.2, 0.25) is 0 Å². The quantitative estimate of drug-likeness (QED) is 0.729. The van der Waals surface area contributed by atoms with E-state index in [2.05, 4.69) is 19.2 Å². The molecule has 1 aromatic rings. The minimum absolute atomic E-state index is 0.0360. The zero-order valence-electron chi connectivity index (χ0n) is 8.79. The van der Waals surface area contributed by atoms with Crippen LogP contribution in [0.1, 0.15) is 19.4 Å². The van der Waals surface area contributed by atoms with Crippen LogP contribution in [0, 0.1) is 11.7 Å². The SMILES string of the molecule is CC1(C)N[C@H]2C1[C@@]2(O)c1cccc(F)c1. The van der Waals surface area contributed by atoms with Gasteiger partial charge in [0.05, 0.1) is 0 Å². The number of fused-ring (bicyclic) bond motifs is 1. The van der Waals surface area contributed by atoms with Gasteiger partial charge in [-0.05, 0) is 31.5 Å². The van der Waals surface area contributed by atoms with E-state index in [-0.39, 0.29) is 23.3 Å². The molecular formula is C12H14FNO. The molecule has 0 amide bonds. The van der Waals surface area contributed by atoms with Crippen LogP contribution in [-0.4, -0.2) is 16.7 Å². The Balaban J connectivity index is 1.97. The topological polar surface area (TPSA) is 32.3 Å². The predicted octanol–water partition coefficient (Wildman–Crippen LogP) is 1.39. The van der Waals surface area contributed by atoms with Crippen molar-refractivity contribution in [2.75, 3.05) is 0 Å². The Morgan fingerprint density at radius 1 is 1.40 bits per heavy atom. The second kappa shape index (κ2) is 2.42. The van der Waals surface area contributed by atoms with Crippen molar-refractivity contribution >= 4 is 0 Å². The van der Waals surface area contributed by atoms with Crippen molar-refractivity contribution in [3.05, 3.63) is 35.6 Å². The molecule has 80 valence electrons. The van der Waals surface area contributed by atoms with E-state index in [9.17, 15) is 9.50 Å². The molecule has 1 aliphatic carbocycles. The Morgan fingerprint density at radius 3 is 2.60 bits per heavy atom. The maximum atomic E-state index is 13.1. The molecule has 1 aliphatic heterocycles. The van der Waals surface area contributed by atoms with Gasteiger partial charge in [0.2, 0.25) is 0 Å². The van der Waals surface area contributed by atoms with Crippen LogP contribution < -0.4 is 5.32 Å². The molecule has 2 N–H and O–H groups in total. The lowest BCUT2D eigenvalue weighted by molar-refractivity contribution is 0.129. The van der Waals surface area contributed by atoms with Crippen molar-refractivity contribution in [3.63, 3.8) is 0 Å². The van der Waals surface area contributed by atoms with Crippen molar-refractivity contribution in [3.8, 4) is 0 Å². The Bertz CT molecular complexity index is 431. The van der Waals surface area contributed by atoms with Crippen LogP contribution >= 0.6 is 0 Å². The van der Waals surface area contributed by atoms with Crippen molar-refractivity contribution < 1.29 is 9.50 Å². The summed E-state index contributed by atoms with van der Waals surface area (Å²) in [7, 11) is 0.